The molecule has 20 rings (SSSR count). The van der Waals surface area contributed by atoms with E-state index in [4.69, 9.17) is 48.7 Å². The Bertz CT molecular complexity index is 6410. The van der Waals surface area contributed by atoms with Crippen molar-refractivity contribution in [3.05, 3.63) is 328 Å². The number of para-hydroxylation sites is 4. The molecule has 0 saturated heterocycles. The highest BCUT2D eigenvalue weighted by Gasteiger charge is 2.21. The summed E-state index contributed by atoms with van der Waals surface area (Å²) in [6.07, 6.45) is 5.63. The van der Waals surface area contributed by atoms with Crippen LogP contribution < -0.4 is 0 Å². The number of hydrogen-bond donors (Lipinski definition) is 0. The first-order valence-corrected chi connectivity index (χ1v) is 33.1. The summed E-state index contributed by atoms with van der Waals surface area (Å²) in [6.45, 7) is 0. The van der Waals surface area contributed by atoms with E-state index < -0.39 is 0 Å². The van der Waals surface area contributed by atoms with Gasteiger partial charge in [-0.2, -0.15) is 0 Å². The molecule has 20 aromatic rings. The zero-order valence-corrected chi connectivity index (χ0v) is 53.5. The highest BCUT2D eigenvalue weighted by Crippen LogP contribution is 2.41. The molecule has 100 heavy (non-hydrogen) atoms. The highest BCUT2D eigenvalue weighted by atomic mass is 16.3. The lowest BCUT2D eigenvalue weighted by Gasteiger charge is -2.11. The monoisotopic (exact) mass is 1280 g/mol. The summed E-state index contributed by atoms with van der Waals surface area (Å²) >= 11 is 0. The average molecular weight is 1280 g/mol. The Kier molecular flexibility index (Phi) is 13.9. The summed E-state index contributed by atoms with van der Waals surface area (Å²) in [4.78, 5) is 39.0. The zero-order valence-electron chi connectivity index (χ0n) is 53.5. The van der Waals surface area contributed by atoms with Crippen LogP contribution in [0.4, 0.5) is 0 Å². The van der Waals surface area contributed by atoms with Gasteiger partial charge in [0.05, 0.1) is 45.8 Å². The number of nitrogens with zero attached hydrogens (tertiary/aromatic N) is 10. The van der Waals surface area contributed by atoms with Gasteiger partial charge in [-0.05, 0) is 101 Å². The minimum absolute atomic E-state index is 0.523. The standard InChI is InChI=1S/2C44H27N5O/c1-3-11-28(12-4-1)42-46-43(29-13-5-2-6-14-29)48-44(47-42)37-24-21-32(27-45-37)49-38-17-9-7-15-33(38)34-22-19-30(25-39(34)49)31-20-23-36-35-16-8-10-18-40(35)50-41(36)26-31;1-3-11-28(12-4-1)42-46-43(29-13-5-2-6-14-29)48-44(47-42)32-23-33(27-45-26-32)49-38-17-9-7-15-34(38)35-21-19-30(24-39(35)49)31-20-22-37-36-16-8-10-18-40(36)50-41(37)25-31/h2*1-27H. The van der Waals surface area contributed by atoms with E-state index in [0.717, 1.165) is 133 Å². The van der Waals surface area contributed by atoms with Gasteiger partial charge in [-0.3, -0.25) is 9.97 Å². The second-order valence-electron chi connectivity index (χ2n) is 24.7. The van der Waals surface area contributed by atoms with Gasteiger partial charge in [-0.25, -0.2) is 29.9 Å². The van der Waals surface area contributed by atoms with Gasteiger partial charge in [0.15, 0.2) is 34.9 Å². The average Bonchev–Trinajstić information content (AvgIpc) is 1.65. The van der Waals surface area contributed by atoms with E-state index in [-0.39, 0.29) is 0 Å². The highest BCUT2D eigenvalue weighted by molar-refractivity contribution is 6.13. The van der Waals surface area contributed by atoms with Crippen LogP contribution in [0.5, 0.6) is 0 Å². The molecule has 0 N–H and O–H groups in total. The van der Waals surface area contributed by atoms with Gasteiger partial charge in [0.1, 0.15) is 28.0 Å². The summed E-state index contributed by atoms with van der Waals surface area (Å²) in [5, 5.41) is 9.19. The normalized spacial score (nSPS) is 11.6. The Morgan fingerprint density at radius 2 is 0.560 bits per heavy atom. The smallest absolute Gasteiger partial charge is 0.182 e. The molecule has 0 atom stereocenters. The van der Waals surface area contributed by atoms with E-state index in [1.165, 1.54) is 16.2 Å². The molecular weight excluding hydrogens is 1230 g/mol. The molecule has 0 aliphatic carbocycles. The van der Waals surface area contributed by atoms with E-state index in [1.54, 1.807) is 0 Å². The molecular formula is C88H54N10O2. The molecule has 0 aliphatic rings. The minimum atomic E-state index is 0.523. The minimum Gasteiger partial charge on any atom is -0.456 e. The summed E-state index contributed by atoms with van der Waals surface area (Å²) in [6, 6.07) is 106. The quantitative estimate of drug-likeness (QED) is 0.130. The van der Waals surface area contributed by atoms with E-state index >= 15 is 0 Å². The van der Waals surface area contributed by atoms with Gasteiger partial charge in [0, 0.05) is 77.1 Å². The summed E-state index contributed by atoms with van der Waals surface area (Å²) in [5.41, 5.74) is 19.4. The second kappa shape index (κ2) is 24.1. The van der Waals surface area contributed by atoms with Gasteiger partial charge in [-0.15, -0.1) is 0 Å². The van der Waals surface area contributed by atoms with Gasteiger partial charge < -0.3 is 18.0 Å². The van der Waals surface area contributed by atoms with E-state index in [2.05, 4.69) is 155 Å². The Morgan fingerprint density at radius 1 is 0.210 bits per heavy atom. The second-order valence-corrected chi connectivity index (χ2v) is 24.7. The number of hydrogen-bond acceptors (Lipinski definition) is 10. The number of aromatic nitrogens is 10. The molecule has 0 fully saturated rings. The summed E-state index contributed by atoms with van der Waals surface area (Å²) in [7, 11) is 0. The Hall–Kier alpha value is -13.8. The molecule has 0 spiro atoms. The summed E-state index contributed by atoms with van der Waals surface area (Å²) in [5.74, 6) is 3.53. The Balaban J connectivity index is 0.000000139. The Labute approximate surface area is 572 Å². The molecule has 8 heterocycles. The first-order valence-electron chi connectivity index (χ1n) is 33.1. The SMILES string of the molecule is c1ccc(-c2nc(-c3ccccc3)nc(-c3ccc(-n4c5ccccc5c5ccc(-c6ccc7c(c6)oc6ccccc67)cc54)cn3)n2)cc1.c1ccc(-c2nc(-c3ccccc3)nc(-c3cncc(-n4c5ccccc5c5ccc(-c6ccc7c(c6)oc6ccccc67)cc54)c3)n2)cc1. The molecule has 12 nitrogen and oxygen atoms in total. The van der Waals surface area contributed by atoms with Crippen molar-refractivity contribution in [1.29, 1.82) is 0 Å². The van der Waals surface area contributed by atoms with Gasteiger partial charge >= 0.3 is 0 Å². The number of pyridine rings is 2. The molecule has 0 unspecified atom stereocenters. The van der Waals surface area contributed by atoms with Gasteiger partial charge in [0.2, 0.25) is 0 Å². The third-order valence-corrected chi connectivity index (χ3v) is 18.6. The fourth-order valence-electron chi connectivity index (χ4n) is 13.9. The van der Waals surface area contributed by atoms with Gasteiger partial charge in [-0.1, -0.05) is 231 Å². The maximum Gasteiger partial charge on any atom is 0.182 e. The number of fused-ring (bicyclic) bond motifs is 12. The van der Waals surface area contributed by atoms with E-state index in [1.807, 2.05) is 182 Å². The van der Waals surface area contributed by atoms with Crippen molar-refractivity contribution >= 4 is 87.5 Å². The van der Waals surface area contributed by atoms with Crippen molar-refractivity contribution in [1.82, 2.24) is 49.0 Å². The molecule has 0 radical (unpaired) electrons. The molecule has 12 aromatic carbocycles. The predicted octanol–water partition coefficient (Wildman–Crippen LogP) is 21.9. The van der Waals surface area contributed by atoms with Crippen molar-refractivity contribution < 1.29 is 8.83 Å². The van der Waals surface area contributed by atoms with Gasteiger partial charge in [0.25, 0.3) is 0 Å². The zero-order chi connectivity index (χ0) is 66.0. The fraction of sp³-hybridized carbons (Fsp3) is 0. The maximum absolute atomic E-state index is 6.24. The number of furan rings is 2. The number of benzene rings is 12. The maximum atomic E-state index is 6.24. The van der Waals surface area contributed by atoms with Crippen LogP contribution in [0.3, 0.4) is 0 Å². The lowest BCUT2D eigenvalue weighted by molar-refractivity contribution is 0.668. The molecule has 0 saturated carbocycles. The first-order chi connectivity index (χ1) is 49.5. The van der Waals surface area contributed by atoms with Crippen molar-refractivity contribution in [2.75, 3.05) is 0 Å². The van der Waals surface area contributed by atoms with Crippen LogP contribution in [0.25, 0.3) is 190 Å². The fourth-order valence-corrected chi connectivity index (χ4v) is 13.9. The lowest BCUT2D eigenvalue weighted by Crippen LogP contribution is -2.02. The van der Waals surface area contributed by atoms with Crippen LogP contribution in [0, 0.1) is 0 Å². The van der Waals surface area contributed by atoms with Crippen LogP contribution in [-0.2, 0) is 0 Å². The summed E-state index contributed by atoms with van der Waals surface area (Å²) < 4.78 is 17.0. The molecule has 12 heteroatoms. The lowest BCUT2D eigenvalue weighted by atomic mass is 10.0. The van der Waals surface area contributed by atoms with Crippen molar-refractivity contribution in [2.24, 2.45) is 0 Å². The van der Waals surface area contributed by atoms with Crippen LogP contribution in [0.15, 0.2) is 337 Å². The first kappa shape index (κ1) is 57.6. The van der Waals surface area contributed by atoms with Crippen LogP contribution in [-0.4, -0.2) is 49.0 Å². The van der Waals surface area contributed by atoms with E-state index in [9.17, 15) is 0 Å². The van der Waals surface area contributed by atoms with E-state index in [0.29, 0.717) is 40.6 Å². The molecule has 8 aromatic heterocycles. The van der Waals surface area contributed by atoms with Crippen molar-refractivity contribution in [3.63, 3.8) is 0 Å². The van der Waals surface area contributed by atoms with Crippen molar-refractivity contribution in [2.45, 2.75) is 0 Å². The molecule has 0 bridgehead atoms. The van der Waals surface area contributed by atoms with Crippen LogP contribution in [0.1, 0.15) is 0 Å². The molecule has 468 valence electrons. The predicted molar refractivity (Wildman–Crippen MR) is 402 cm³/mol. The Morgan fingerprint density at radius 3 is 1.00 bits per heavy atom. The topological polar surface area (TPSA) is 139 Å². The van der Waals surface area contributed by atoms with Crippen molar-refractivity contribution in [3.8, 4) is 102 Å². The number of rotatable bonds is 10. The third kappa shape index (κ3) is 10.3. The van der Waals surface area contributed by atoms with Crippen LogP contribution in [0.2, 0.25) is 0 Å². The molecule has 0 amide bonds. The third-order valence-electron chi connectivity index (χ3n) is 18.6. The van der Waals surface area contributed by atoms with Crippen LogP contribution >= 0.6 is 0 Å². The largest absolute Gasteiger partial charge is 0.456 e. The molecule has 0 aliphatic heterocycles.